The molecular formula is C18H18ClN3S. The summed E-state index contributed by atoms with van der Waals surface area (Å²) in [4.78, 5) is 12.1. The zero-order valence-electron chi connectivity index (χ0n) is 12.9. The van der Waals surface area contributed by atoms with Crippen molar-refractivity contribution in [2.24, 2.45) is 4.99 Å². The molecule has 0 unspecified atom stereocenters. The summed E-state index contributed by atoms with van der Waals surface area (Å²) >= 11 is 7.95. The fourth-order valence-electron chi connectivity index (χ4n) is 3.37. The van der Waals surface area contributed by atoms with Crippen molar-refractivity contribution in [1.29, 1.82) is 0 Å². The zero-order valence-corrected chi connectivity index (χ0v) is 14.5. The summed E-state index contributed by atoms with van der Waals surface area (Å²) in [5, 5.41) is 1.93. The lowest BCUT2D eigenvalue weighted by Gasteiger charge is -2.31. The molecular weight excluding hydrogens is 326 g/mol. The van der Waals surface area contributed by atoms with E-state index in [1.807, 2.05) is 42.2 Å². The second-order valence-corrected chi connectivity index (χ2v) is 7.31. The van der Waals surface area contributed by atoms with E-state index >= 15 is 0 Å². The lowest BCUT2D eigenvalue weighted by atomic mass is 9.95. The van der Waals surface area contributed by atoms with Crippen LogP contribution < -0.4 is 0 Å². The minimum absolute atomic E-state index is 0.0502. The molecule has 118 valence electrons. The van der Waals surface area contributed by atoms with Crippen molar-refractivity contribution in [3.63, 3.8) is 0 Å². The topological polar surface area (TPSA) is 28.5 Å². The van der Waals surface area contributed by atoms with Crippen molar-refractivity contribution in [3.8, 4) is 0 Å². The van der Waals surface area contributed by atoms with Gasteiger partial charge in [0, 0.05) is 23.0 Å². The first kappa shape index (κ1) is 15.0. The van der Waals surface area contributed by atoms with E-state index in [0.717, 1.165) is 28.1 Å². The first-order valence-electron chi connectivity index (χ1n) is 7.93. The monoisotopic (exact) mass is 343 g/mol. The Hall–Kier alpha value is -1.52. The molecule has 23 heavy (non-hydrogen) atoms. The summed E-state index contributed by atoms with van der Waals surface area (Å²) in [6, 6.07) is 15.0. The van der Waals surface area contributed by atoms with Crippen LogP contribution in [-0.4, -0.2) is 26.8 Å². The lowest BCUT2D eigenvalue weighted by molar-refractivity contribution is 0.255. The maximum absolute atomic E-state index is 6.08. The molecule has 0 saturated carbocycles. The third-order valence-corrected chi connectivity index (χ3v) is 5.92. The van der Waals surface area contributed by atoms with Gasteiger partial charge in [-0.3, -0.25) is 9.98 Å². The maximum atomic E-state index is 6.08. The van der Waals surface area contributed by atoms with E-state index in [4.69, 9.17) is 16.6 Å². The second kappa shape index (κ2) is 6.17. The number of thioether (sulfide) groups is 1. The third kappa shape index (κ3) is 2.64. The van der Waals surface area contributed by atoms with E-state index in [1.54, 1.807) is 0 Å². The van der Waals surface area contributed by atoms with Gasteiger partial charge in [0.2, 0.25) is 0 Å². The molecule has 2 aliphatic heterocycles. The zero-order chi connectivity index (χ0) is 15.8. The van der Waals surface area contributed by atoms with Crippen LogP contribution in [0.4, 0.5) is 0 Å². The third-order valence-electron chi connectivity index (χ3n) is 4.54. The molecule has 0 N–H and O–H groups in total. The summed E-state index contributed by atoms with van der Waals surface area (Å²) in [7, 11) is 0. The Labute approximate surface area is 145 Å². The van der Waals surface area contributed by atoms with Gasteiger partial charge in [-0.25, -0.2) is 0 Å². The highest BCUT2D eigenvalue weighted by molar-refractivity contribution is 8.14. The van der Waals surface area contributed by atoms with Crippen molar-refractivity contribution < 1.29 is 0 Å². The van der Waals surface area contributed by atoms with E-state index < -0.39 is 0 Å². The summed E-state index contributed by atoms with van der Waals surface area (Å²) in [5.41, 5.74) is 2.29. The van der Waals surface area contributed by atoms with Gasteiger partial charge in [-0.05, 0) is 36.2 Å². The number of aliphatic imine (C=N–C) groups is 1. The first-order chi connectivity index (χ1) is 11.3. The lowest BCUT2D eigenvalue weighted by Crippen LogP contribution is -2.35. The number of pyridine rings is 1. The molecule has 3 heterocycles. The SMILES string of the molecule is CC[C@@H]1CSC2=N[C@H](c3ccccn3)[C@H](c3ccc(Cl)cc3)N21. The second-order valence-electron chi connectivity index (χ2n) is 5.89. The van der Waals surface area contributed by atoms with Gasteiger partial charge in [-0.1, -0.05) is 48.5 Å². The number of hydrogen-bond donors (Lipinski definition) is 0. The van der Waals surface area contributed by atoms with Crippen molar-refractivity contribution >= 4 is 28.5 Å². The number of benzene rings is 1. The van der Waals surface area contributed by atoms with E-state index in [9.17, 15) is 0 Å². The Morgan fingerprint density at radius 2 is 2.04 bits per heavy atom. The molecule has 0 amide bonds. The maximum Gasteiger partial charge on any atom is 0.160 e. The average molecular weight is 344 g/mol. The Balaban J connectivity index is 1.78. The molecule has 1 saturated heterocycles. The smallest absolute Gasteiger partial charge is 0.160 e. The molecule has 0 aliphatic carbocycles. The standard InChI is InChI=1S/C18H18ClN3S/c1-2-14-11-23-18-21-16(15-5-3-4-10-20-15)17(22(14)18)12-6-8-13(19)9-7-12/h3-10,14,16-17H,2,11H2,1H3/t14-,16-,17+/m1/s1. The molecule has 1 aromatic carbocycles. The van der Waals surface area contributed by atoms with Crippen LogP contribution in [-0.2, 0) is 0 Å². The highest BCUT2D eigenvalue weighted by atomic mass is 35.5. The molecule has 3 atom stereocenters. The molecule has 0 bridgehead atoms. The molecule has 4 rings (SSSR count). The van der Waals surface area contributed by atoms with Gasteiger partial charge >= 0.3 is 0 Å². The number of fused-ring (bicyclic) bond motifs is 1. The number of amidine groups is 1. The van der Waals surface area contributed by atoms with E-state index in [1.165, 1.54) is 5.56 Å². The van der Waals surface area contributed by atoms with Gasteiger partial charge in [0.25, 0.3) is 0 Å². The van der Waals surface area contributed by atoms with Crippen molar-refractivity contribution in [2.45, 2.75) is 31.5 Å². The minimum Gasteiger partial charge on any atom is -0.338 e. The van der Waals surface area contributed by atoms with Crippen LogP contribution in [0.2, 0.25) is 5.02 Å². The predicted molar refractivity (Wildman–Crippen MR) is 97.0 cm³/mol. The summed E-state index contributed by atoms with van der Waals surface area (Å²) in [6.07, 6.45) is 2.98. The largest absolute Gasteiger partial charge is 0.338 e. The number of aromatic nitrogens is 1. The molecule has 5 heteroatoms. The fourth-order valence-corrected chi connectivity index (χ4v) is 4.83. The van der Waals surface area contributed by atoms with Crippen LogP contribution in [0.1, 0.15) is 36.7 Å². The van der Waals surface area contributed by atoms with Crippen LogP contribution in [0.15, 0.2) is 53.7 Å². The highest BCUT2D eigenvalue weighted by Gasteiger charge is 2.45. The van der Waals surface area contributed by atoms with Crippen molar-refractivity contribution in [1.82, 2.24) is 9.88 Å². The highest BCUT2D eigenvalue weighted by Crippen LogP contribution is 2.48. The van der Waals surface area contributed by atoms with Gasteiger partial charge in [0.05, 0.1) is 11.7 Å². The van der Waals surface area contributed by atoms with Crippen molar-refractivity contribution in [3.05, 3.63) is 64.9 Å². The predicted octanol–water partition coefficient (Wildman–Crippen LogP) is 4.71. The van der Waals surface area contributed by atoms with Crippen LogP contribution in [0.5, 0.6) is 0 Å². The molecule has 1 fully saturated rings. The normalized spacial score (nSPS) is 26.3. The van der Waals surface area contributed by atoms with E-state index in [-0.39, 0.29) is 12.1 Å². The van der Waals surface area contributed by atoms with E-state index in [0.29, 0.717) is 6.04 Å². The Bertz CT molecular complexity index is 717. The van der Waals surface area contributed by atoms with Gasteiger partial charge < -0.3 is 4.90 Å². The minimum atomic E-state index is 0.0502. The quantitative estimate of drug-likeness (QED) is 0.807. The number of nitrogens with zero attached hydrogens (tertiary/aromatic N) is 3. The number of rotatable bonds is 3. The molecule has 2 aliphatic rings. The van der Waals surface area contributed by atoms with Crippen molar-refractivity contribution in [2.75, 3.05) is 5.75 Å². The molecule has 1 aromatic heterocycles. The van der Waals surface area contributed by atoms with Crippen LogP contribution in [0.3, 0.4) is 0 Å². The number of hydrogen-bond acceptors (Lipinski definition) is 4. The molecule has 0 radical (unpaired) electrons. The van der Waals surface area contributed by atoms with Crippen LogP contribution in [0, 0.1) is 0 Å². The van der Waals surface area contributed by atoms with Gasteiger partial charge in [0.15, 0.2) is 5.17 Å². The van der Waals surface area contributed by atoms with E-state index in [2.05, 4.69) is 35.0 Å². The first-order valence-corrected chi connectivity index (χ1v) is 9.29. The molecule has 2 aromatic rings. The number of halogens is 1. The van der Waals surface area contributed by atoms with Gasteiger partial charge in [-0.2, -0.15) is 0 Å². The van der Waals surface area contributed by atoms with Crippen LogP contribution >= 0.6 is 23.4 Å². The Kier molecular flexibility index (Phi) is 4.04. The average Bonchev–Trinajstić information content (AvgIpc) is 3.15. The fraction of sp³-hybridized carbons (Fsp3) is 0.333. The Morgan fingerprint density at radius 1 is 1.22 bits per heavy atom. The van der Waals surface area contributed by atoms with Gasteiger partial charge in [-0.15, -0.1) is 0 Å². The summed E-state index contributed by atoms with van der Waals surface area (Å²) in [6.45, 7) is 2.25. The molecule has 0 spiro atoms. The van der Waals surface area contributed by atoms with Gasteiger partial charge in [0.1, 0.15) is 6.04 Å². The summed E-state index contributed by atoms with van der Waals surface area (Å²) in [5.74, 6) is 1.12. The van der Waals surface area contributed by atoms with Crippen LogP contribution in [0.25, 0.3) is 0 Å². The Morgan fingerprint density at radius 3 is 2.74 bits per heavy atom. The summed E-state index contributed by atoms with van der Waals surface area (Å²) < 4.78 is 0. The molecule has 3 nitrogen and oxygen atoms in total.